The first-order valence-corrected chi connectivity index (χ1v) is 6.93. The Morgan fingerprint density at radius 2 is 1.91 bits per heavy atom. The Labute approximate surface area is 131 Å². The molecule has 0 aliphatic carbocycles. The van der Waals surface area contributed by atoms with E-state index < -0.39 is 11.9 Å². The summed E-state index contributed by atoms with van der Waals surface area (Å²) in [6.45, 7) is 0. The summed E-state index contributed by atoms with van der Waals surface area (Å²) in [5.41, 5.74) is 0.657. The fraction of sp³-hybridized carbons (Fsp3) is 0.0625. The van der Waals surface area contributed by atoms with Crippen molar-refractivity contribution in [1.82, 2.24) is 15.5 Å². The third-order valence-corrected chi connectivity index (χ3v) is 3.17. The molecule has 0 fully saturated rings. The molecule has 3 N–H and O–H groups in total. The summed E-state index contributed by atoms with van der Waals surface area (Å²) >= 11 is 0. The number of furan rings is 1. The number of amides is 2. The van der Waals surface area contributed by atoms with Crippen LogP contribution in [0.2, 0.25) is 0 Å². The van der Waals surface area contributed by atoms with Crippen LogP contribution in [0.25, 0.3) is 0 Å². The average Bonchev–Trinajstić information content (AvgIpc) is 3.26. The van der Waals surface area contributed by atoms with E-state index in [4.69, 9.17) is 4.42 Å². The van der Waals surface area contributed by atoms with Crippen molar-refractivity contribution in [2.24, 2.45) is 0 Å². The van der Waals surface area contributed by atoms with Crippen molar-refractivity contribution in [2.75, 3.05) is 5.32 Å². The minimum atomic E-state index is -0.864. The van der Waals surface area contributed by atoms with Gasteiger partial charge >= 0.3 is 0 Å². The molecule has 0 saturated heterocycles. The van der Waals surface area contributed by atoms with Gasteiger partial charge in [-0.15, -0.1) is 0 Å². The van der Waals surface area contributed by atoms with Gasteiger partial charge in [0.1, 0.15) is 11.9 Å². The van der Waals surface area contributed by atoms with Gasteiger partial charge < -0.3 is 15.1 Å². The molecule has 2 amide bonds. The van der Waals surface area contributed by atoms with E-state index in [0.29, 0.717) is 11.4 Å². The molecule has 3 rings (SSSR count). The monoisotopic (exact) mass is 310 g/mol. The van der Waals surface area contributed by atoms with Gasteiger partial charge in [0.25, 0.3) is 11.8 Å². The van der Waals surface area contributed by atoms with E-state index in [1.807, 2.05) is 6.07 Å². The molecule has 116 valence electrons. The highest BCUT2D eigenvalue weighted by Crippen LogP contribution is 2.16. The van der Waals surface area contributed by atoms with E-state index in [2.05, 4.69) is 20.8 Å². The zero-order valence-electron chi connectivity index (χ0n) is 12.0. The Morgan fingerprint density at radius 1 is 1.09 bits per heavy atom. The summed E-state index contributed by atoms with van der Waals surface area (Å²) in [5.74, 6) is -0.271. The highest BCUT2D eigenvalue weighted by Gasteiger charge is 2.24. The molecule has 1 unspecified atom stereocenters. The van der Waals surface area contributed by atoms with E-state index in [1.54, 1.807) is 36.4 Å². The zero-order valence-corrected chi connectivity index (χ0v) is 12.0. The second kappa shape index (κ2) is 6.61. The van der Waals surface area contributed by atoms with Crippen LogP contribution >= 0.6 is 0 Å². The Morgan fingerprint density at radius 3 is 2.57 bits per heavy atom. The molecule has 3 aromatic rings. The number of nitrogens with zero attached hydrogens (tertiary/aromatic N) is 1. The fourth-order valence-electron chi connectivity index (χ4n) is 2.09. The normalized spacial score (nSPS) is 11.7. The summed E-state index contributed by atoms with van der Waals surface area (Å²) in [7, 11) is 0. The maximum atomic E-state index is 12.5. The first kappa shape index (κ1) is 14.6. The third kappa shape index (κ3) is 3.46. The van der Waals surface area contributed by atoms with E-state index in [1.165, 1.54) is 18.5 Å². The molecule has 7 nitrogen and oxygen atoms in total. The SMILES string of the molecule is O=C(NC(C(=O)Nc1ccn[nH]1)c1ccccc1)c1ccco1. The number of H-pyrrole nitrogens is 1. The summed E-state index contributed by atoms with van der Waals surface area (Å²) in [6.07, 6.45) is 2.92. The van der Waals surface area contributed by atoms with Gasteiger partial charge in [-0.3, -0.25) is 14.7 Å². The fourth-order valence-corrected chi connectivity index (χ4v) is 2.09. The van der Waals surface area contributed by atoms with Crippen molar-refractivity contribution in [3.05, 3.63) is 72.3 Å². The van der Waals surface area contributed by atoms with E-state index in [0.717, 1.165) is 0 Å². The number of aromatic nitrogens is 2. The Bertz CT molecular complexity index is 767. The van der Waals surface area contributed by atoms with Crippen LogP contribution in [-0.4, -0.2) is 22.0 Å². The van der Waals surface area contributed by atoms with Gasteiger partial charge in [-0.1, -0.05) is 30.3 Å². The number of carbonyl (C=O) groups excluding carboxylic acids is 2. The summed E-state index contributed by atoms with van der Waals surface area (Å²) in [6, 6.07) is 12.9. The molecule has 23 heavy (non-hydrogen) atoms. The van der Waals surface area contributed by atoms with Gasteiger partial charge in [0.15, 0.2) is 5.76 Å². The molecule has 7 heteroatoms. The Kier molecular flexibility index (Phi) is 4.19. The van der Waals surface area contributed by atoms with E-state index in [-0.39, 0.29) is 11.7 Å². The van der Waals surface area contributed by atoms with Crippen LogP contribution in [0.1, 0.15) is 22.2 Å². The summed E-state index contributed by atoms with van der Waals surface area (Å²) in [4.78, 5) is 24.7. The van der Waals surface area contributed by atoms with Crippen molar-refractivity contribution >= 4 is 17.6 Å². The highest BCUT2D eigenvalue weighted by molar-refractivity contribution is 6.00. The molecule has 0 saturated carbocycles. The summed E-state index contributed by atoms with van der Waals surface area (Å²) in [5, 5.41) is 11.7. The van der Waals surface area contributed by atoms with Crippen LogP contribution in [0.5, 0.6) is 0 Å². The third-order valence-electron chi connectivity index (χ3n) is 3.17. The first-order valence-electron chi connectivity index (χ1n) is 6.93. The summed E-state index contributed by atoms with van der Waals surface area (Å²) < 4.78 is 5.06. The van der Waals surface area contributed by atoms with Crippen LogP contribution in [-0.2, 0) is 4.79 Å². The van der Waals surface area contributed by atoms with Gasteiger partial charge in [0.2, 0.25) is 0 Å². The number of nitrogens with one attached hydrogen (secondary N) is 3. The average molecular weight is 310 g/mol. The largest absolute Gasteiger partial charge is 0.459 e. The topological polar surface area (TPSA) is 100 Å². The lowest BCUT2D eigenvalue weighted by Gasteiger charge is -2.17. The number of benzene rings is 1. The maximum Gasteiger partial charge on any atom is 0.287 e. The molecule has 0 radical (unpaired) electrons. The zero-order chi connectivity index (χ0) is 16.1. The van der Waals surface area contributed by atoms with Gasteiger partial charge in [-0.2, -0.15) is 5.10 Å². The Balaban J connectivity index is 1.82. The predicted octanol–water partition coefficient (Wildman–Crippen LogP) is 2.11. The van der Waals surface area contributed by atoms with E-state index in [9.17, 15) is 9.59 Å². The van der Waals surface area contributed by atoms with Gasteiger partial charge in [0.05, 0.1) is 12.5 Å². The molecular formula is C16H14N4O3. The molecule has 0 bridgehead atoms. The second-order valence-corrected chi connectivity index (χ2v) is 4.75. The van der Waals surface area contributed by atoms with Crippen molar-refractivity contribution < 1.29 is 14.0 Å². The lowest BCUT2D eigenvalue weighted by Crippen LogP contribution is -2.36. The molecular weight excluding hydrogens is 296 g/mol. The van der Waals surface area contributed by atoms with Crippen molar-refractivity contribution in [1.29, 1.82) is 0 Å². The molecule has 0 aliphatic rings. The lowest BCUT2D eigenvalue weighted by molar-refractivity contribution is -0.118. The molecule has 1 aromatic carbocycles. The number of anilines is 1. The van der Waals surface area contributed by atoms with Crippen LogP contribution in [0.15, 0.2) is 65.4 Å². The van der Waals surface area contributed by atoms with Crippen molar-refractivity contribution in [3.8, 4) is 0 Å². The van der Waals surface area contributed by atoms with Crippen LogP contribution in [0.4, 0.5) is 5.82 Å². The van der Waals surface area contributed by atoms with E-state index >= 15 is 0 Å². The van der Waals surface area contributed by atoms with Crippen LogP contribution in [0, 0.1) is 0 Å². The van der Waals surface area contributed by atoms with Gasteiger partial charge in [0, 0.05) is 6.07 Å². The van der Waals surface area contributed by atoms with Crippen LogP contribution < -0.4 is 10.6 Å². The number of carbonyl (C=O) groups is 2. The smallest absolute Gasteiger partial charge is 0.287 e. The van der Waals surface area contributed by atoms with Crippen LogP contribution in [0.3, 0.4) is 0 Å². The minimum absolute atomic E-state index is 0.139. The molecule has 2 aromatic heterocycles. The predicted molar refractivity (Wildman–Crippen MR) is 82.6 cm³/mol. The van der Waals surface area contributed by atoms with Gasteiger partial charge in [-0.05, 0) is 17.7 Å². The molecule has 0 spiro atoms. The standard InChI is InChI=1S/C16H14N4O3/c21-15(12-7-4-10-23-12)19-14(11-5-2-1-3-6-11)16(22)18-13-8-9-17-20-13/h1-10,14H,(H,19,21)(H2,17,18,20,22). The molecule has 2 heterocycles. The highest BCUT2D eigenvalue weighted by atomic mass is 16.3. The van der Waals surface area contributed by atoms with Crippen molar-refractivity contribution in [3.63, 3.8) is 0 Å². The quantitative estimate of drug-likeness (QED) is 0.672. The van der Waals surface area contributed by atoms with Gasteiger partial charge in [-0.25, -0.2) is 0 Å². The number of hydrogen-bond donors (Lipinski definition) is 3. The maximum absolute atomic E-state index is 12.5. The number of hydrogen-bond acceptors (Lipinski definition) is 4. The number of rotatable bonds is 5. The number of aromatic amines is 1. The molecule has 1 atom stereocenters. The second-order valence-electron chi connectivity index (χ2n) is 4.75. The lowest BCUT2D eigenvalue weighted by atomic mass is 10.1. The molecule has 0 aliphatic heterocycles. The Hall–Kier alpha value is -3.35. The first-order chi connectivity index (χ1) is 11.2. The van der Waals surface area contributed by atoms with Crippen molar-refractivity contribution in [2.45, 2.75) is 6.04 Å². The minimum Gasteiger partial charge on any atom is -0.459 e.